The summed E-state index contributed by atoms with van der Waals surface area (Å²) in [4.78, 5) is 16.1. The molecule has 1 aliphatic rings. The molecule has 1 heterocycles. The first-order valence-corrected chi connectivity index (χ1v) is 7.13. The molecule has 4 heteroatoms. The maximum atomic E-state index is 11.8. The minimum Gasteiger partial charge on any atom is -0.480 e. The molecular weight excluding hydrogens is 252 g/mol. The fourth-order valence-electron chi connectivity index (χ4n) is 2.84. The molecule has 1 saturated heterocycles. The van der Waals surface area contributed by atoms with Gasteiger partial charge in [-0.25, -0.2) is 0 Å². The lowest BCUT2D eigenvalue weighted by Gasteiger charge is -2.36. The summed E-state index contributed by atoms with van der Waals surface area (Å²) in [6.45, 7) is 9.58. The van der Waals surface area contributed by atoms with Gasteiger partial charge in [-0.3, -0.25) is 9.69 Å². The fourth-order valence-corrected chi connectivity index (χ4v) is 2.84. The van der Waals surface area contributed by atoms with E-state index in [4.69, 9.17) is 0 Å². The molecule has 1 aromatic rings. The van der Waals surface area contributed by atoms with Gasteiger partial charge in [-0.15, -0.1) is 0 Å². The van der Waals surface area contributed by atoms with E-state index in [1.54, 1.807) is 0 Å². The van der Waals surface area contributed by atoms with Crippen molar-refractivity contribution >= 4 is 5.97 Å². The molecule has 1 atom stereocenters. The SMILES string of the molecule is Cc1cc(C)c(C(C(=O)O)N2CCN(C)CC2)cc1C. The number of rotatable bonds is 3. The summed E-state index contributed by atoms with van der Waals surface area (Å²) in [7, 11) is 2.08. The van der Waals surface area contributed by atoms with Crippen LogP contribution in [0.2, 0.25) is 0 Å². The first-order valence-electron chi connectivity index (χ1n) is 7.13. The van der Waals surface area contributed by atoms with Crippen LogP contribution in [-0.2, 0) is 4.79 Å². The van der Waals surface area contributed by atoms with E-state index in [0.717, 1.165) is 42.9 Å². The van der Waals surface area contributed by atoms with Gasteiger partial charge in [0.05, 0.1) is 0 Å². The van der Waals surface area contributed by atoms with Gasteiger partial charge in [-0.2, -0.15) is 0 Å². The van der Waals surface area contributed by atoms with Crippen molar-refractivity contribution in [3.05, 3.63) is 34.4 Å². The topological polar surface area (TPSA) is 43.8 Å². The molecule has 1 aromatic carbocycles. The quantitative estimate of drug-likeness (QED) is 0.917. The number of nitrogens with zero attached hydrogens (tertiary/aromatic N) is 2. The molecule has 0 amide bonds. The number of likely N-dealkylation sites (N-methyl/N-ethyl adjacent to an activating group) is 1. The molecule has 0 aromatic heterocycles. The maximum Gasteiger partial charge on any atom is 0.325 e. The molecule has 0 spiro atoms. The highest BCUT2D eigenvalue weighted by Gasteiger charge is 2.30. The zero-order valence-corrected chi connectivity index (χ0v) is 12.8. The molecule has 1 N–H and O–H groups in total. The van der Waals surface area contributed by atoms with E-state index < -0.39 is 12.0 Å². The van der Waals surface area contributed by atoms with E-state index in [9.17, 15) is 9.90 Å². The zero-order valence-electron chi connectivity index (χ0n) is 12.8. The number of hydrogen-bond acceptors (Lipinski definition) is 3. The van der Waals surface area contributed by atoms with Crippen molar-refractivity contribution in [3.8, 4) is 0 Å². The fraction of sp³-hybridized carbons (Fsp3) is 0.562. The molecule has 0 bridgehead atoms. The molecule has 0 radical (unpaired) electrons. The Kier molecular flexibility index (Phi) is 4.45. The van der Waals surface area contributed by atoms with Crippen molar-refractivity contribution in [2.75, 3.05) is 33.2 Å². The molecule has 4 nitrogen and oxygen atoms in total. The number of aliphatic carboxylic acids is 1. The molecule has 0 saturated carbocycles. The number of carboxylic acids is 1. The summed E-state index contributed by atoms with van der Waals surface area (Å²) >= 11 is 0. The van der Waals surface area contributed by atoms with Crippen LogP contribution in [0.1, 0.15) is 28.3 Å². The molecular formula is C16H24N2O2. The third-order valence-corrected chi connectivity index (χ3v) is 4.31. The number of benzene rings is 1. The van der Waals surface area contributed by atoms with Crippen LogP contribution in [0.15, 0.2) is 12.1 Å². The highest BCUT2D eigenvalue weighted by Crippen LogP contribution is 2.27. The number of carbonyl (C=O) groups is 1. The second kappa shape index (κ2) is 5.94. The Labute approximate surface area is 121 Å². The van der Waals surface area contributed by atoms with Crippen molar-refractivity contribution in [1.82, 2.24) is 9.80 Å². The Hall–Kier alpha value is -1.39. The van der Waals surface area contributed by atoms with Gasteiger partial charge in [0.1, 0.15) is 6.04 Å². The summed E-state index contributed by atoms with van der Waals surface area (Å²) in [6, 6.07) is 3.61. The van der Waals surface area contributed by atoms with Gasteiger partial charge in [-0.1, -0.05) is 12.1 Å². The molecule has 110 valence electrons. The lowest BCUT2D eigenvalue weighted by molar-refractivity contribution is -0.144. The van der Waals surface area contributed by atoms with Crippen LogP contribution < -0.4 is 0 Å². The number of hydrogen-bond donors (Lipinski definition) is 1. The molecule has 0 aliphatic carbocycles. The molecule has 20 heavy (non-hydrogen) atoms. The summed E-state index contributed by atoms with van der Waals surface area (Å²) < 4.78 is 0. The van der Waals surface area contributed by atoms with E-state index in [1.165, 1.54) is 5.56 Å². The van der Waals surface area contributed by atoms with E-state index in [0.29, 0.717) is 0 Å². The van der Waals surface area contributed by atoms with Crippen molar-refractivity contribution in [2.45, 2.75) is 26.8 Å². The second-order valence-corrected chi connectivity index (χ2v) is 5.87. The van der Waals surface area contributed by atoms with Crippen molar-refractivity contribution < 1.29 is 9.90 Å². The monoisotopic (exact) mass is 276 g/mol. The lowest BCUT2D eigenvalue weighted by Crippen LogP contribution is -2.48. The van der Waals surface area contributed by atoms with Gasteiger partial charge >= 0.3 is 5.97 Å². The van der Waals surface area contributed by atoms with E-state index in [-0.39, 0.29) is 0 Å². The van der Waals surface area contributed by atoms with Crippen molar-refractivity contribution in [1.29, 1.82) is 0 Å². The third kappa shape index (κ3) is 3.02. The van der Waals surface area contributed by atoms with Crippen LogP contribution in [0, 0.1) is 20.8 Å². The van der Waals surface area contributed by atoms with Gasteiger partial charge in [0.25, 0.3) is 0 Å². The van der Waals surface area contributed by atoms with Crippen molar-refractivity contribution in [3.63, 3.8) is 0 Å². The van der Waals surface area contributed by atoms with E-state index in [2.05, 4.69) is 29.8 Å². The summed E-state index contributed by atoms with van der Waals surface area (Å²) in [6.07, 6.45) is 0. The predicted octanol–water partition coefficient (Wildman–Crippen LogP) is 1.98. The summed E-state index contributed by atoms with van der Waals surface area (Å²) in [5.41, 5.74) is 4.38. The van der Waals surface area contributed by atoms with Gasteiger partial charge < -0.3 is 10.0 Å². The molecule has 2 rings (SSSR count). The van der Waals surface area contributed by atoms with Crippen LogP contribution >= 0.6 is 0 Å². The number of aryl methyl sites for hydroxylation is 3. The lowest BCUT2D eigenvalue weighted by atomic mass is 9.94. The highest BCUT2D eigenvalue weighted by molar-refractivity contribution is 5.76. The Morgan fingerprint density at radius 2 is 1.60 bits per heavy atom. The van der Waals surface area contributed by atoms with Crippen LogP contribution in [0.5, 0.6) is 0 Å². The minimum absolute atomic E-state index is 0.525. The van der Waals surface area contributed by atoms with Crippen LogP contribution in [0.25, 0.3) is 0 Å². The van der Waals surface area contributed by atoms with Gasteiger partial charge in [0, 0.05) is 26.2 Å². The standard InChI is InChI=1S/C16H24N2O2/c1-11-9-13(3)14(10-12(11)2)15(16(19)20)18-7-5-17(4)6-8-18/h9-10,15H,5-8H2,1-4H3,(H,19,20). The van der Waals surface area contributed by atoms with E-state index in [1.807, 2.05) is 19.9 Å². The largest absolute Gasteiger partial charge is 0.480 e. The predicted molar refractivity (Wildman–Crippen MR) is 80.1 cm³/mol. The van der Waals surface area contributed by atoms with Crippen LogP contribution in [-0.4, -0.2) is 54.1 Å². The highest BCUT2D eigenvalue weighted by atomic mass is 16.4. The molecule has 1 aliphatic heterocycles. The van der Waals surface area contributed by atoms with Gasteiger partial charge in [0.15, 0.2) is 0 Å². The van der Waals surface area contributed by atoms with Gasteiger partial charge in [-0.05, 0) is 50.1 Å². The Morgan fingerprint density at radius 1 is 1.05 bits per heavy atom. The smallest absolute Gasteiger partial charge is 0.325 e. The Morgan fingerprint density at radius 3 is 2.15 bits per heavy atom. The van der Waals surface area contributed by atoms with E-state index >= 15 is 0 Å². The summed E-state index contributed by atoms with van der Waals surface area (Å²) in [5, 5.41) is 9.67. The first kappa shape index (κ1) is 15.0. The number of piperazine rings is 1. The maximum absolute atomic E-state index is 11.8. The third-order valence-electron chi connectivity index (χ3n) is 4.31. The average molecular weight is 276 g/mol. The molecule has 1 fully saturated rings. The second-order valence-electron chi connectivity index (χ2n) is 5.87. The summed E-state index contributed by atoms with van der Waals surface area (Å²) in [5.74, 6) is -0.749. The number of carboxylic acid groups (broad SMARTS) is 1. The van der Waals surface area contributed by atoms with Crippen LogP contribution in [0.4, 0.5) is 0 Å². The minimum atomic E-state index is -0.749. The normalized spacial score (nSPS) is 19.0. The Balaban J connectivity index is 2.34. The van der Waals surface area contributed by atoms with Crippen LogP contribution in [0.3, 0.4) is 0 Å². The first-order chi connectivity index (χ1) is 9.40. The average Bonchev–Trinajstić information content (AvgIpc) is 2.38. The van der Waals surface area contributed by atoms with Gasteiger partial charge in [0.2, 0.25) is 0 Å². The van der Waals surface area contributed by atoms with Crippen molar-refractivity contribution in [2.24, 2.45) is 0 Å². The molecule has 1 unspecified atom stereocenters. The Bertz CT molecular complexity index is 505. The zero-order chi connectivity index (χ0) is 14.9.